The zero-order valence-corrected chi connectivity index (χ0v) is 14.0. The lowest BCUT2D eigenvalue weighted by Gasteiger charge is -2.17. The van der Waals surface area contributed by atoms with Crippen LogP contribution in [0.25, 0.3) is 0 Å². The van der Waals surface area contributed by atoms with Crippen molar-refractivity contribution < 1.29 is 19.1 Å². The summed E-state index contributed by atoms with van der Waals surface area (Å²) in [5.74, 6) is -0.179. The summed E-state index contributed by atoms with van der Waals surface area (Å²) in [6.45, 7) is 0.0830. The molecule has 7 heteroatoms. The van der Waals surface area contributed by atoms with Crippen LogP contribution in [0.1, 0.15) is 28.8 Å². The van der Waals surface area contributed by atoms with Gasteiger partial charge in [0.05, 0.1) is 6.54 Å². The number of ether oxygens (including phenoxy) is 1. The van der Waals surface area contributed by atoms with Crippen molar-refractivity contribution in [2.75, 3.05) is 0 Å². The second-order valence-electron chi connectivity index (χ2n) is 5.62. The summed E-state index contributed by atoms with van der Waals surface area (Å²) in [6.07, 6.45) is 0.428. The van der Waals surface area contributed by atoms with E-state index in [0.717, 1.165) is 0 Å². The highest BCUT2D eigenvalue weighted by Gasteiger charge is 2.29. The Morgan fingerprint density at radius 2 is 1.72 bits per heavy atom. The molecule has 0 atom stereocenters. The van der Waals surface area contributed by atoms with E-state index in [1.165, 1.54) is 17.0 Å². The lowest BCUT2D eigenvalue weighted by molar-refractivity contribution is -0.139. The molecule has 2 aromatic rings. The SMILES string of the molecule is NC(=O)c1ccc(CN2C(=O)CCC2=O)c(Oc2ccc(Cl)cc2)c1. The third-order valence-corrected chi connectivity index (χ3v) is 4.13. The zero-order valence-electron chi connectivity index (χ0n) is 13.2. The number of nitrogens with zero attached hydrogens (tertiary/aromatic N) is 1. The number of carbonyl (C=O) groups excluding carboxylic acids is 3. The number of amides is 3. The van der Waals surface area contributed by atoms with Gasteiger partial charge in [-0.2, -0.15) is 0 Å². The Kier molecular flexibility index (Phi) is 4.72. The molecule has 128 valence electrons. The average molecular weight is 359 g/mol. The number of hydrogen-bond acceptors (Lipinski definition) is 4. The fraction of sp³-hybridized carbons (Fsp3) is 0.167. The Balaban J connectivity index is 1.93. The maximum atomic E-state index is 11.8. The standard InChI is InChI=1S/C18H15ClN2O4/c19-13-3-5-14(6-4-13)25-15-9-11(18(20)24)1-2-12(15)10-21-16(22)7-8-17(21)23/h1-6,9H,7-8,10H2,(H2,20,24). The van der Waals surface area contributed by atoms with Crippen molar-refractivity contribution >= 4 is 29.3 Å². The Morgan fingerprint density at radius 1 is 1.08 bits per heavy atom. The van der Waals surface area contributed by atoms with Gasteiger partial charge < -0.3 is 10.5 Å². The van der Waals surface area contributed by atoms with Crippen LogP contribution < -0.4 is 10.5 Å². The monoisotopic (exact) mass is 358 g/mol. The van der Waals surface area contributed by atoms with Gasteiger partial charge in [-0.15, -0.1) is 0 Å². The molecule has 0 aliphatic carbocycles. The summed E-state index contributed by atoms with van der Waals surface area (Å²) < 4.78 is 5.82. The molecule has 0 saturated carbocycles. The van der Waals surface area contributed by atoms with Gasteiger partial charge in [0.15, 0.2) is 0 Å². The van der Waals surface area contributed by atoms with Crippen LogP contribution in [0.3, 0.4) is 0 Å². The maximum absolute atomic E-state index is 11.8. The van der Waals surface area contributed by atoms with E-state index >= 15 is 0 Å². The van der Waals surface area contributed by atoms with Gasteiger partial charge in [-0.25, -0.2) is 0 Å². The minimum Gasteiger partial charge on any atom is -0.457 e. The zero-order chi connectivity index (χ0) is 18.0. The van der Waals surface area contributed by atoms with Crippen LogP contribution in [0.15, 0.2) is 42.5 Å². The number of imide groups is 1. The van der Waals surface area contributed by atoms with E-state index < -0.39 is 5.91 Å². The number of rotatable bonds is 5. The molecule has 1 heterocycles. The summed E-state index contributed by atoms with van der Waals surface area (Å²) in [7, 11) is 0. The van der Waals surface area contributed by atoms with Gasteiger partial charge in [-0.1, -0.05) is 17.7 Å². The molecular formula is C18H15ClN2O4. The van der Waals surface area contributed by atoms with Crippen molar-refractivity contribution in [3.63, 3.8) is 0 Å². The van der Waals surface area contributed by atoms with E-state index in [0.29, 0.717) is 22.1 Å². The summed E-state index contributed by atoms with van der Waals surface area (Å²) in [6, 6.07) is 11.4. The van der Waals surface area contributed by atoms with Crippen molar-refractivity contribution in [1.82, 2.24) is 4.90 Å². The highest BCUT2D eigenvalue weighted by atomic mass is 35.5. The lowest BCUT2D eigenvalue weighted by atomic mass is 10.1. The van der Waals surface area contributed by atoms with Crippen LogP contribution in [0.5, 0.6) is 11.5 Å². The molecule has 0 aromatic heterocycles. The van der Waals surface area contributed by atoms with E-state index in [9.17, 15) is 14.4 Å². The minimum atomic E-state index is -0.596. The third-order valence-electron chi connectivity index (χ3n) is 3.88. The summed E-state index contributed by atoms with van der Waals surface area (Å²) in [5, 5.41) is 0.562. The molecule has 2 aromatic carbocycles. The number of carbonyl (C=O) groups is 3. The molecule has 25 heavy (non-hydrogen) atoms. The molecule has 1 saturated heterocycles. The first-order valence-corrected chi connectivity index (χ1v) is 8.01. The first-order chi connectivity index (χ1) is 11.9. The second kappa shape index (κ2) is 6.94. The van der Waals surface area contributed by atoms with E-state index in [2.05, 4.69) is 0 Å². The van der Waals surface area contributed by atoms with E-state index in [1.54, 1.807) is 30.3 Å². The van der Waals surface area contributed by atoms with Gasteiger partial charge in [-0.05, 0) is 36.4 Å². The second-order valence-corrected chi connectivity index (χ2v) is 6.05. The molecule has 3 rings (SSSR count). The fourth-order valence-corrected chi connectivity index (χ4v) is 2.66. The van der Waals surface area contributed by atoms with Crippen molar-refractivity contribution in [2.24, 2.45) is 5.73 Å². The van der Waals surface area contributed by atoms with E-state index in [-0.39, 0.29) is 36.8 Å². The summed E-state index contributed by atoms with van der Waals surface area (Å²) in [5.41, 5.74) is 6.19. The van der Waals surface area contributed by atoms with Gasteiger partial charge in [-0.3, -0.25) is 19.3 Å². The van der Waals surface area contributed by atoms with Gasteiger partial charge in [0.25, 0.3) is 0 Å². The molecular weight excluding hydrogens is 344 g/mol. The molecule has 1 aliphatic rings. The normalized spacial score (nSPS) is 14.0. The average Bonchev–Trinajstić information content (AvgIpc) is 2.90. The molecule has 3 amide bonds. The van der Waals surface area contributed by atoms with Gasteiger partial charge >= 0.3 is 0 Å². The quantitative estimate of drug-likeness (QED) is 0.832. The molecule has 1 aliphatic heterocycles. The Labute approximate surface area is 149 Å². The molecule has 2 N–H and O–H groups in total. The van der Waals surface area contributed by atoms with Crippen molar-refractivity contribution in [3.05, 3.63) is 58.6 Å². The van der Waals surface area contributed by atoms with Gasteiger partial charge in [0.2, 0.25) is 17.7 Å². The first-order valence-electron chi connectivity index (χ1n) is 7.63. The lowest BCUT2D eigenvalue weighted by Crippen LogP contribution is -2.28. The van der Waals surface area contributed by atoms with Crippen LogP contribution in [0, 0.1) is 0 Å². The third kappa shape index (κ3) is 3.80. The van der Waals surface area contributed by atoms with Crippen LogP contribution in [-0.4, -0.2) is 22.6 Å². The molecule has 0 unspecified atom stereocenters. The van der Waals surface area contributed by atoms with Crippen LogP contribution in [0.4, 0.5) is 0 Å². The number of primary amides is 1. The minimum absolute atomic E-state index is 0.0830. The van der Waals surface area contributed by atoms with Gasteiger partial charge in [0, 0.05) is 29.0 Å². The predicted molar refractivity (Wildman–Crippen MR) is 91.3 cm³/mol. The Morgan fingerprint density at radius 3 is 2.32 bits per heavy atom. The van der Waals surface area contributed by atoms with Crippen molar-refractivity contribution in [2.45, 2.75) is 19.4 Å². The Hall–Kier alpha value is -2.86. The molecule has 1 fully saturated rings. The molecule has 6 nitrogen and oxygen atoms in total. The molecule has 0 radical (unpaired) electrons. The smallest absolute Gasteiger partial charge is 0.248 e. The van der Waals surface area contributed by atoms with Crippen LogP contribution in [0.2, 0.25) is 5.02 Å². The fourth-order valence-electron chi connectivity index (χ4n) is 2.53. The first kappa shape index (κ1) is 17.0. The number of likely N-dealkylation sites (tertiary alicyclic amines) is 1. The summed E-state index contributed by atoms with van der Waals surface area (Å²) >= 11 is 5.86. The van der Waals surface area contributed by atoms with Crippen molar-refractivity contribution in [1.29, 1.82) is 0 Å². The van der Waals surface area contributed by atoms with E-state index in [1.807, 2.05) is 0 Å². The number of halogens is 1. The highest BCUT2D eigenvalue weighted by Crippen LogP contribution is 2.29. The number of hydrogen-bond donors (Lipinski definition) is 1. The maximum Gasteiger partial charge on any atom is 0.248 e. The topological polar surface area (TPSA) is 89.7 Å². The van der Waals surface area contributed by atoms with Crippen LogP contribution >= 0.6 is 11.6 Å². The Bertz CT molecular complexity index is 833. The highest BCUT2D eigenvalue weighted by molar-refractivity contribution is 6.30. The number of benzene rings is 2. The van der Waals surface area contributed by atoms with Gasteiger partial charge in [0.1, 0.15) is 11.5 Å². The molecule has 0 bridgehead atoms. The number of nitrogens with two attached hydrogens (primary N) is 1. The van der Waals surface area contributed by atoms with Crippen molar-refractivity contribution in [3.8, 4) is 11.5 Å². The van der Waals surface area contributed by atoms with E-state index in [4.69, 9.17) is 22.1 Å². The summed E-state index contributed by atoms with van der Waals surface area (Å²) in [4.78, 5) is 36.3. The molecule has 0 spiro atoms. The van der Waals surface area contributed by atoms with Crippen LogP contribution in [-0.2, 0) is 16.1 Å². The largest absolute Gasteiger partial charge is 0.457 e. The predicted octanol–water partition coefficient (Wildman–Crippen LogP) is 2.88.